The molecule has 0 atom stereocenters. The Morgan fingerprint density at radius 2 is 2.33 bits per heavy atom. The van der Waals surface area contributed by atoms with Crippen LogP contribution in [0.3, 0.4) is 0 Å². The van der Waals surface area contributed by atoms with E-state index in [4.69, 9.17) is 21.4 Å². The van der Waals surface area contributed by atoms with E-state index in [2.05, 4.69) is 4.98 Å². The van der Waals surface area contributed by atoms with Gasteiger partial charge in [0.05, 0.1) is 18.0 Å². The smallest absolute Gasteiger partial charge is 0.328 e. The van der Waals surface area contributed by atoms with E-state index in [-0.39, 0.29) is 0 Å². The number of aryl methyl sites for hydroxylation is 1. The summed E-state index contributed by atoms with van der Waals surface area (Å²) < 4.78 is 7.59. The summed E-state index contributed by atoms with van der Waals surface area (Å²) in [5, 5.41) is 9.03. The van der Waals surface area contributed by atoms with Gasteiger partial charge in [-0.05, 0) is 30.2 Å². The number of carboxylic acids is 1. The molecule has 21 heavy (non-hydrogen) atoms. The maximum atomic E-state index is 10.4. The van der Waals surface area contributed by atoms with E-state index in [0.717, 1.165) is 19.0 Å². The van der Waals surface area contributed by atoms with Gasteiger partial charge in [-0.15, -0.1) is 0 Å². The first-order valence-electron chi connectivity index (χ1n) is 6.44. The number of halogens is 1. The molecule has 0 amide bonds. The number of hydrogen-bond acceptors (Lipinski definition) is 3. The van der Waals surface area contributed by atoms with Crippen LogP contribution in [-0.4, -0.2) is 27.2 Å². The molecule has 0 saturated heterocycles. The van der Waals surface area contributed by atoms with Crippen molar-refractivity contribution in [1.82, 2.24) is 9.55 Å². The minimum absolute atomic E-state index is 0.463. The van der Waals surface area contributed by atoms with E-state index in [1.54, 1.807) is 30.7 Å². The molecule has 5 nitrogen and oxygen atoms in total. The van der Waals surface area contributed by atoms with Crippen molar-refractivity contribution in [2.75, 3.05) is 6.61 Å². The molecule has 0 fully saturated rings. The van der Waals surface area contributed by atoms with Gasteiger partial charge in [0, 0.05) is 25.0 Å². The summed E-state index contributed by atoms with van der Waals surface area (Å²) in [6.45, 7) is 1.37. The third-order valence-corrected chi connectivity index (χ3v) is 3.05. The minimum Gasteiger partial charge on any atom is -0.492 e. The largest absolute Gasteiger partial charge is 0.492 e. The zero-order chi connectivity index (χ0) is 15.1. The number of carbonyl (C=O) groups is 1. The van der Waals surface area contributed by atoms with Crippen molar-refractivity contribution in [2.24, 2.45) is 0 Å². The molecule has 1 heterocycles. The Labute approximate surface area is 127 Å². The lowest BCUT2D eigenvalue weighted by molar-refractivity contribution is -0.131. The zero-order valence-electron chi connectivity index (χ0n) is 11.3. The summed E-state index contributed by atoms with van der Waals surface area (Å²) in [6.07, 6.45) is 8.79. The number of hydrogen-bond donors (Lipinski definition) is 1. The van der Waals surface area contributed by atoms with Crippen molar-refractivity contribution in [2.45, 2.75) is 13.0 Å². The molecule has 0 bridgehead atoms. The molecule has 0 radical (unpaired) electrons. The predicted molar refractivity (Wildman–Crippen MR) is 80.5 cm³/mol. The molecule has 1 aromatic heterocycles. The first-order chi connectivity index (χ1) is 10.1. The molecule has 6 heteroatoms. The Bertz CT molecular complexity index is 624. The second kappa shape index (κ2) is 7.50. The van der Waals surface area contributed by atoms with Gasteiger partial charge in [0.25, 0.3) is 0 Å². The number of carboxylic acid groups (broad SMARTS) is 1. The van der Waals surface area contributed by atoms with E-state index in [1.165, 1.54) is 6.08 Å². The van der Waals surface area contributed by atoms with Gasteiger partial charge in [-0.25, -0.2) is 9.78 Å². The number of aromatic nitrogens is 2. The monoisotopic (exact) mass is 306 g/mol. The SMILES string of the molecule is O=C(O)C=Cc1ccc(OCCCn2ccnc2)c(Cl)c1. The first kappa shape index (κ1) is 15.1. The van der Waals surface area contributed by atoms with Gasteiger partial charge in [-0.1, -0.05) is 17.7 Å². The number of benzene rings is 1. The average molecular weight is 307 g/mol. The highest BCUT2D eigenvalue weighted by Gasteiger charge is 2.02. The van der Waals surface area contributed by atoms with Crippen LogP contribution < -0.4 is 4.74 Å². The number of imidazole rings is 1. The topological polar surface area (TPSA) is 64.3 Å². The average Bonchev–Trinajstić information content (AvgIpc) is 2.96. The lowest BCUT2D eigenvalue weighted by Crippen LogP contribution is -2.03. The van der Waals surface area contributed by atoms with Crippen molar-refractivity contribution >= 4 is 23.6 Å². The molecule has 0 aliphatic carbocycles. The van der Waals surface area contributed by atoms with E-state index < -0.39 is 5.97 Å². The maximum absolute atomic E-state index is 10.4. The van der Waals surface area contributed by atoms with Crippen LogP contribution in [0.5, 0.6) is 5.75 Å². The fourth-order valence-corrected chi connectivity index (χ4v) is 2.00. The van der Waals surface area contributed by atoms with E-state index >= 15 is 0 Å². The Hall–Kier alpha value is -2.27. The summed E-state index contributed by atoms with van der Waals surface area (Å²) in [5.74, 6) is -0.402. The van der Waals surface area contributed by atoms with Gasteiger partial charge < -0.3 is 14.4 Å². The highest BCUT2D eigenvalue weighted by atomic mass is 35.5. The number of ether oxygens (including phenoxy) is 1. The van der Waals surface area contributed by atoms with Crippen molar-refractivity contribution in [3.8, 4) is 5.75 Å². The third kappa shape index (κ3) is 4.96. The molecule has 2 aromatic rings. The van der Waals surface area contributed by atoms with Crippen LogP contribution in [0, 0.1) is 0 Å². The van der Waals surface area contributed by atoms with E-state index in [0.29, 0.717) is 22.9 Å². The maximum Gasteiger partial charge on any atom is 0.328 e. The number of rotatable bonds is 7. The summed E-state index contributed by atoms with van der Waals surface area (Å²) in [7, 11) is 0. The van der Waals surface area contributed by atoms with Gasteiger partial charge >= 0.3 is 5.97 Å². The van der Waals surface area contributed by atoms with Crippen molar-refractivity contribution in [3.05, 3.63) is 53.6 Å². The molecule has 0 aliphatic rings. The Morgan fingerprint density at radius 1 is 1.48 bits per heavy atom. The van der Waals surface area contributed by atoms with Crippen LogP contribution >= 0.6 is 11.6 Å². The number of aliphatic carboxylic acids is 1. The van der Waals surface area contributed by atoms with Crippen molar-refractivity contribution < 1.29 is 14.6 Å². The first-order valence-corrected chi connectivity index (χ1v) is 6.82. The Kier molecular flexibility index (Phi) is 5.40. The lowest BCUT2D eigenvalue weighted by Gasteiger charge is -2.09. The Balaban J connectivity index is 1.84. The highest BCUT2D eigenvalue weighted by Crippen LogP contribution is 2.26. The van der Waals surface area contributed by atoms with E-state index in [1.807, 2.05) is 10.8 Å². The summed E-state index contributed by atoms with van der Waals surface area (Å²) in [6, 6.07) is 5.17. The molecule has 0 unspecified atom stereocenters. The van der Waals surface area contributed by atoms with Crippen LogP contribution in [0.2, 0.25) is 5.02 Å². The fraction of sp³-hybridized carbons (Fsp3) is 0.200. The second-order valence-corrected chi connectivity index (χ2v) is 4.77. The van der Waals surface area contributed by atoms with Crippen molar-refractivity contribution in [3.63, 3.8) is 0 Å². The highest BCUT2D eigenvalue weighted by molar-refractivity contribution is 6.32. The fourth-order valence-electron chi connectivity index (χ4n) is 1.75. The molecule has 0 aliphatic heterocycles. The normalized spacial score (nSPS) is 10.9. The third-order valence-electron chi connectivity index (χ3n) is 2.75. The molecular formula is C15H15ClN2O3. The summed E-state index contributed by atoms with van der Waals surface area (Å²) >= 11 is 6.10. The van der Waals surface area contributed by atoms with Crippen LogP contribution in [0.1, 0.15) is 12.0 Å². The molecule has 0 saturated carbocycles. The van der Waals surface area contributed by atoms with E-state index in [9.17, 15) is 4.79 Å². The van der Waals surface area contributed by atoms with Gasteiger partial charge in [-0.2, -0.15) is 0 Å². The quantitative estimate of drug-likeness (QED) is 0.630. The van der Waals surface area contributed by atoms with Crippen LogP contribution in [0.25, 0.3) is 6.08 Å². The van der Waals surface area contributed by atoms with Gasteiger partial charge in [-0.3, -0.25) is 0 Å². The Morgan fingerprint density at radius 3 is 3.00 bits per heavy atom. The van der Waals surface area contributed by atoms with Crippen molar-refractivity contribution in [1.29, 1.82) is 0 Å². The summed E-state index contributed by atoms with van der Waals surface area (Å²) in [4.78, 5) is 14.4. The van der Waals surface area contributed by atoms with Crippen LogP contribution in [0.15, 0.2) is 43.0 Å². The predicted octanol–water partition coefficient (Wildman–Crippen LogP) is 3.10. The molecule has 1 N–H and O–H groups in total. The molecular weight excluding hydrogens is 292 g/mol. The van der Waals surface area contributed by atoms with Crippen LogP contribution in [0.4, 0.5) is 0 Å². The molecule has 110 valence electrons. The standard InChI is InChI=1S/C15H15ClN2O3/c16-13-10-12(3-5-15(19)20)2-4-14(13)21-9-1-7-18-8-6-17-11-18/h2-6,8,10-11H,1,7,9H2,(H,19,20). The van der Waals surface area contributed by atoms with Crippen LogP contribution in [-0.2, 0) is 11.3 Å². The molecule has 0 spiro atoms. The van der Waals surface area contributed by atoms with Gasteiger partial charge in [0.15, 0.2) is 0 Å². The summed E-state index contributed by atoms with van der Waals surface area (Å²) in [5.41, 5.74) is 0.716. The lowest BCUT2D eigenvalue weighted by atomic mass is 10.2. The zero-order valence-corrected chi connectivity index (χ0v) is 12.0. The number of nitrogens with zero attached hydrogens (tertiary/aromatic N) is 2. The minimum atomic E-state index is -0.994. The molecule has 1 aromatic carbocycles. The van der Waals surface area contributed by atoms with Gasteiger partial charge in [0.2, 0.25) is 0 Å². The molecule has 2 rings (SSSR count). The second-order valence-electron chi connectivity index (χ2n) is 4.36. The van der Waals surface area contributed by atoms with Gasteiger partial charge in [0.1, 0.15) is 5.75 Å².